The molecule has 0 fully saturated rings. The second-order valence-electron chi connectivity index (χ2n) is 7.37. The number of benzene rings is 3. The standard InChI is InChI=1S/C23H20N4O4S/c1-15-5-4-6-17(11-15)32(28,29)27-23-22(25-18-7-2-3-8-19(18)26-23)24-13-16-9-10-20-21(12-16)31-14-30-20/h2-12H,13-14H2,1H3,(H,24,25)(H,26,27). The number of para-hydroxylation sites is 2. The third kappa shape index (κ3) is 4.02. The van der Waals surface area contributed by atoms with Crippen LogP contribution in [0.3, 0.4) is 0 Å². The Hall–Kier alpha value is -3.85. The van der Waals surface area contributed by atoms with Crippen molar-refractivity contribution in [2.45, 2.75) is 18.4 Å². The fourth-order valence-electron chi connectivity index (χ4n) is 3.40. The molecule has 0 unspecified atom stereocenters. The van der Waals surface area contributed by atoms with Crippen LogP contribution in [0.4, 0.5) is 11.6 Å². The van der Waals surface area contributed by atoms with Gasteiger partial charge in [0.15, 0.2) is 23.1 Å². The van der Waals surface area contributed by atoms with E-state index in [0.717, 1.165) is 11.1 Å². The molecule has 32 heavy (non-hydrogen) atoms. The molecule has 2 heterocycles. The number of sulfonamides is 1. The number of nitrogens with zero attached hydrogens (tertiary/aromatic N) is 2. The van der Waals surface area contributed by atoms with E-state index in [1.54, 1.807) is 24.3 Å². The first-order valence-corrected chi connectivity index (χ1v) is 11.4. The van der Waals surface area contributed by atoms with Gasteiger partial charge in [-0.1, -0.05) is 30.3 Å². The molecule has 162 valence electrons. The molecule has 8 nitrogen and oxygen atoms in total. The van der Waals surface area contributed by atoms with Gasteiger partial charge in [0.2, 0.25) is 6.79 Å². The lowest BCUT2D eigenvalue weighted by Crippen LogP contribution is -2.16. The van der Waals surface area contributed by atoms with Crippen molar-refractivity contribution in [3.63, 3.8) is 0 Å². The van der Waals surface area contributed by atoms with E-state index in [1.807, 2.05) is 49.4 Å². The molecule has 5 rings (SSSR count). The molecule has 0 aliphatic carbocycles. The van der Waals surface area contributed by atoms with Crippen LogP contribution in [0.5, 0.6) is 11.5 Å². The Morgan fingerprint density at radius 1 is 0.875 bits per heavy atom. The highest BCUT2D eigenvalue weighted by molar-refractivity contribution is 7.92. The lowest BCUT2D eigenvalue weighted by atomic mass is 10.2. The fourth-order valence-corrected chi connectivity index (χ4v) is 4.51. The molecule has 2 N–H and O–H groups in total. The van der Waals surface area contributed by atoms with Gasteiger partial charge in [0.05, 0.1) is 15.9 Å². The first-order chi connectivity index (χ1) is 15.5. The second kappa shape index (κ2) is 8.01. The van der Waals surface area contributed by atoms with E-state index in [9.17, 15) is 8.42 Å². The number of rotatable bonds is 6. The summed E-state index contributed by atoms with van der Waals surface area (Å²) in [6.45, 7) is 2.43. The zero-order valence-electron chi connectivity index (χ0n) is 17.2. The highest BCUT2D eigenvalue weighted by Gasteiger charge is 2.19. The number of fused-ring (bicyclic) bond motifs is 2. The molecule has 3 aromatic carbocycles. The van der Waals surface area contributed by atoms with Gasteiger partial charge in [-0.25, -0.2) is 18.4 Å². The van der Waals surface area contributed by atoms with Crippen molar-refractivity contribution < 1.29 is 17.9 Å². The summed E-state index contributed by atoms with van der Waals surface area (Å²) in [4.78, 5) is 9.28. The number of nitrogens with one attached hydrogen (secondary N) is 2. The summed E-state index contributed by atoms with van der Waals surface area (Å²) in [6, 6.07) is 19.6. The van der Waals surface area contributed by atoms with Gasteiger partial charge in [0.25, 0.3) is 10.0 Å². The van der Waals surface area contributed by atoms with Gasteiger partial charge >= 0.3 is 0 Å². The van der Waals surface area contributed by atoms with Crippen molar-refractivity contribution in [2.75, 3.05) is 16.8 Å². The molecule has 0 atom stereocenters. The summed E-state index contributed by atoms with van der Waals surface area (Å²) in [5, 5.41) is 3.20. The molecule has 4 aromatic rings. The van der Waals surface area contributed by atoms with E-state index in [2.05, 4.69) is 20.0 Å². The minimum absolute atomic E-state index is 0.131. The van der Waals surface area contributed by atoms with Crippen molar-refractivity contribution in [2.24, 2.45) is 0 Å². The molecule has 1 aliphatic rings. The monoisotopic (exact) mass is 448 g/mol. The molecule has 0 saturated heterocycles. The van der Waals surface area contributed by atoms with Gasteiger partial charge in [-0.15, -0.1) is 0 Å². The summed E-state index contributed by atoms with van der Waals surface area (Å²) < 4.78 is 39.4. The van der Waals surface area contributed by atoms with Crippen molar-refractivity contribution in [3.05, 3.63) is 77.9 Å². The Morgan fingerprint density at radius 2 is 1.62 bits per heavy atom. The van der Waals surface area contributed by atoms with E-state index >= 15 is 0 Å². The Bertz CT molecular complexity index is 1420. The van der Waals surface area contributed by atoms with Crippen LogP contribution < -0.4 is 19.5 Å². The average molecular weight is 449 g/mol. The molecule has 0 bridgehead atoms. The summed E-state index contributed by atoms with van der Waals surface area (Å²) in [5.74, 6) is 1.84. The molecule has 0 amide bonds. The van der Waals surface area contributed by atoms with Crippen LogP contribution in [-0.2, 0) is 16.6 Å². The van der Waals surface area contributed by atoms with Gasteiger partial charge in [-0.05, 0) is 54.4 Å². The minimum Gasteiger partial charge on any atom is -0.454 e. The molecule has 1 aromatic heterocycles. The number of aryl methyl sites for hydroxylation is 1. The molecule has 0 saturated carbocycles. The zero-order chi connectivity index (χ0) is 22.1. The quantitative estimate of drug-likeness (QED) is 0.458. The van der Waals surface area contributed by atoms with Crippen molar-refractivity contribution in [1.82, 2.24) is 9.97 Å². The normalized spacial score (nSPS) is 12.7. The van der Waals surface area contributed by atoms with Crippen molar-refractivity contribution in [3.8, 4) is 11.5 Å². The molecular formula is C23H20N4O4S. The Balaban J connectivity index is 1.48. The highest BCUT2D eigenvalue weighted by atomic mass is 32.2. The maximum Gasteiger partial charge on any atom is 0.263 e. The van der Waals surface area contributed by atoms with E-state index < -0.39 is 10.0 Å². The van der Waals surface area contributed by atoms with Crippen LogP contribution in [0, 0.1) is 6.92 Å². The average Bonchev–Trinajstić information content (AvgIpc) is 3.25. The predicted molar refractivity (Wildman–Crippen MR) is 121 cm³/mol. The minimum atomic E-state index is -3.85. The lowest BCUT2D eigenvalue weighted by molar-refractivity contribution is 0.174. The van der Waals surface area contributed by atoms with Crippen LogP contribution >= 0.6 is 0 Å². The number of hydrogen-bond donors (Lipinski definition) is 2. The molecular weight excluding hydrogens is 428 g/mol. The Morgan fingerprint density at radius 3 is 2.41 bits per heavy atom. The first-order valence-electron chi connectivity index (χ1n) is 9.97. The topological polar surface area (TPSA) is 102 Å². The number of aromatic nitrogens is 2. The van der Waals surface area contributed by atoms with E-state index in [-0.39, 0.29) is 17.5 Å². The van der Waals surface area contributed by atoms with Crippen LogP contribution in [0.1, 0.15) is 11.1 Å². The number of hydrogen-bond acceptors (Lipinski definition) is 7. The van der Waals surface area contributed by atoms with Gasteiger partial charge in [-0.2, -0.15) is 0 Å². The largest absolute Gasteiger partial charge is 0.454 e. The first kappa shape index (κ1) is 20.1. The summed E-state index contributed by atoms with van der Waals surface area (Å²) in [5.41, 5.74) is 3.01. The summed E-state index contributed by atoms with van der Waals surface area (Å²) >= 11 is 0. The number of ether oxygens (including phenoxy) is 2. The van der Waals surface area contributed by atoms with E-state index in [4.69, 9.17) is 9.47 Å². The van der Waals surface area contributed by atoms with Gasteiger partial charge < -0.3 is 14.8 Å². The molecule has 9 heteroatoms. The van der Waals surface area contributed by atoms with Gasteiger partial charge in [-0.3, -0.25) is 4.72 Å². The summed E-state index contributed by atoms with van der Waals surface area (Å²) in [6.07, 6.45) is 0. The van der Waals surface area contributed by atoms with Crippen LogP contribution in [-0.4, -0.2) is 25.2 Å². The third-order valence-corrected chi connectivity index (χ3v) is 6.33. The second-order valence-corrected chi connectivity index (χ2v) is 9.06. The van der Waals surface area contributed by atoms with Crippen LogP contribution in [0.25, 0.3) is 11.0 Å². The van der Waals surface area contributed by atoms with E-state index in [0.29, 0.717) is 34.9 Å². The molecule has 0 radical (unpaired) electrons. The summed E-state index contributed by atoms with van der Waals surface area (Å²) in [7, 11) is -3.85. The molecule has 0 spiro atoms. The van der Waals surface area contributed by atoms with Gasteiger partial charge in [0, 0.05) is 6.54 Å². The van der Waals surface area contributed by atoms with Crippen LogP contribution in [0.15, 0.2) is 71.6 Å². The molecule has 1 aliphatic heterocycles. The fraction of sp³-hybridized carbons (Fsp3) is 0.130. The zero-order valence-corrected chi connectivity index (χ0v) is 18.0. The maximum absolute atomic E-state index is 13.0. The van der Waals surface area contributed by atoms with Crippen molar-refractivity contribution >= 4 is 32.7 Å². The smallest absolute Gasteiger partial charge is 0.263 e. The Labute approximate surface area is 185 Å². The van der Waals surface area contributed by atoms with Crippen LogP contribution in [0.2, 0.25) is 0 Å². The lowest BCUT2D eigenvalue weighted by Gasteiger charge is -2.14. The Kier molecular flexibility index (Phi) is 5.02. The van der Waals surface area contributed by atoms with Crippen molar-refractivity contribution in [1.29, 1.82) is 0 Å². The predicted octanol–water partition coefficient (Wildman–Crippen LogP) is 4.08. The maximum atomic E-state index is 13.0. The SMILES string of the molecule is Cc1cccc(S(=O)(=O)Nc2nc3ccccc3nc2NCc2ccc3c(c2)OCO3)c1. The van der Waals surface area contributed by atoms with E-state index in [1.165, 1.54) is 0 Å². The highest BCUT2D eigenvalue weighted by Crippen LogP contribution is 2.33. The van der Waals surface area contributed by atoms with Gasteiger partial charge in [0.1, 0.15) is 0 Å². The third-order valence-electron chi connectivity index (χ3n) is 5.00. The number of anilines is 2.